The molecule has 0 fully saturated rings. The van der Waals surface area contributed by atoms with Crippen LogP contribution >= 0.6 is 11.3 Å². The molecule has 0 bridgehead atoms. The van der Waals surface area contributed by atoms with Crippen molar-refractivity contribution in [3.05, 3.63) is 16.3 Å². The van der Waals surface area contributed by atoms with Gasteiger partial charge in [0.1, 0.15) is 0 Å². The third-order valence-corrected chi connectivity index (χ3v) is 5.13. The number of rotatable bonds is 5. The SMILES string of the molecule is CCCN(C)S(=O)(=O)c1ccsc1CN. The summed E-state index contributed by atoms with van der Waals surface area (Å²) in [5.41, 5.74) is 5.49. The number of hydrogen-bond acceptors (Lipinski definition) is 4. The van der Waals surface area contributed by atoms with Gasteiger partial charge in [-0.1, -0.05) is 6.92 Å². The fourth-order valence-corrected chi connectivity index (χ4v) is 3.88. The molecule has 0 atom stereocenters. The summed E-state index contributed by atoms with van der Waals surface area (Å²) < 4.78 is 25.4. The second-order valence-corrected chi connectivity index (χ2v) is 6.25. The Labute approximate surface area is 94.8 Å². The molecule has 1 aromatic heterocycles. The van der Waals surface area contributed by atoms with Gasteiger partial charge in [-0.25, -0.2) is 12.7 Å². The number of nitrogens with two attached hydrogens (primary N) is 1. The number of sulfonamides is 1. The number of hydrogen-bond donors (Lipinski definition) is 1. The van der Waals surface area contributed by atoms with Crippen molar-refractivity contribution in [2.24, 2.45) is 5.73 Å². The highest BCUT2D eigenvalue weighted by Crippen LogP contribution is 2.23. The maximum Gasteiger partial charge on any atom is 0.243 e. The molecule has 0 radical (unpaired) electrons. The van der Waals surface area contributed by atoms with E-state index < -0.39 is 10.0 Å². The van der Waals surface area contributed by atoms with Crippen LogP contribution in [-0.4, -0.2) is 26.3 Å². The van der Waals surface area contributed by atoms with E-state index >= 15 is 0 Å². The van der Waals surface area contributed by atoms with Crippen LogP contribution in [0.5, 0.6) is 0 Å². The molecule has 4 nitrogen and oxygen atoms in total. The van der Waals surface area contributed by atoms with Gasteiger partial charge in [0.2, 0.25) is 10.0 Å². The summed E-state index contributed by atoms with van der Waals surface area (Å²) >= 11 is 1.38. The summed E-state index contributed by atoms with van der Waals surface area (Å²) in [6.45, 7) is 2.75. The van der Waals surface area contributed by atoms with Crippen molar-refractivity contribution >= 4 is 21.4 Å². The van der Waals surface area contributed by atoms with E-state index in [0.29, 0.717) is 11.4 Å². The van der Waals surface area contributed by atoms with Gasteiger partial charge in [-0.15, -0.1) is 11.3 Å². The molecule has 0 saturated heterocycles. The molecule has 1 heterocycles. The molecule has 0 aliphatic carbocycles. The van der Waals surface area contributed by atoms with E-state index in [1.54, 1.807) is 18.5 Å². The van der Waals surface area contributed by atoms with Crippen LogP contribution in [0.1, 0.15) is 18.2 Å². The number of nitrogens with zero attached hydrogens (tertiary/aromatic N) is 1. The first-order valence-corrected chi connectivity index (χ1v) is 7.08. The maximum atomic E-state index is 12.0. The van der Waals surface area contributed by atoms with Gasteiger partial charge in [-0.2, -0.15) is 0 Å². The van der Waals surface area contributed by atoms with Crippen LogP contribution in [0, 0.1) is 0 Å². The van der Waals surface area contributed by atoms with Crippen molar-refractivity contribution < 1.29 is 8.42 Å². The van der Waals surface area contributed by atoms with E-state index in [4.69, 9.17) is 5.73 Å². The van der Waals surface area contributed by atoms with Gasteiger partial charge >= 0.3 is 0 Å². The van der Waals surface area contributed by atoms with Crippen molar-refractivity contribution in [3.8, 4) is 0 Å². The molecule has 0 aliphatic rings. The average Bonchev–Trinajstić information content (AvgIpc) is 2.66. The predicted molar refractivity (Wildman–Crippen MR) is 62.3 cm³/mol. The Balaban J connectivity index is 3.05. The van der Waals surface area contributed by atoms with Gasteiger partial charge in [0.05, 0.1) is 4.90 Å². The zero-order chi connectivity index (χ0) is 11.5. The zero-order valence-corrected chi connectivity index (χ0v) is 10.6. The third-order valence-electron chi connectivity index (χ3n) is 2.12. The largest absolute Gasteiger partial charge is 0.326 e. The van der Waals surface area contributed by atoms with E-state index in [-0.39, 0.29) is 6.54 Å². The summed E-state index contributed by atoms with van der Waals surface area (Å²) in [4.78, 5) is 1.07. The van der Waals surface area contributed by atoms with Crippen molar-refractivity contribution in [2.45, 2.75) is 24.8 Å². The second kappa shape index (κ2) is 5.07. The highest BCUT2D eigenvalue weighted by atomic mass is 32.2. The van der Waals surface area contributed by atoms with Crippen LogP contribution in [0.25, 0.3) is 0 Å². The maximum absolute atomic E-state index is 12.0. The predicted octanol–water partition coefficient (Wildman–Crippen LogP) is 1.24. The summed E-state index contributed by atoms with van der Waals surface area (Å²) in [6.07, 6.45) is 0.803. The molecule has 0 aliphatic heterocycles. The van der Waals surface area contributed by atoms with Crippen molar-refractivity contribution in [1.29, 1.82) is 0 Å². The summed E-state index contributed by atoms with van der Waals surface area (Å²) in [7, 11) is -1.74. The fourth-order valence-electron chi connectivity index (χ4n) is 1.31. The van der Waals surface area contributed by atoms with Crippen LogP contribution in [-0.2, 0) is 16.6 Å². The molecular weight excluding hydrogens is 232 g/mol. The van der Waals surface area contributed by atoms with Gasteiger partial charge in [-0.05, 0) is 17.9 Å². The van der Waals surface area contributed by atoms with Crippen molar-refractivity contribution in [1.82, 2.24) is 4.31 Å². The molecular formula is C9H16N2O2S2. The Morgan fingerprint density at radius 2 is 2.20 bits per heavy atom. The monoisotopic (exact) mass is 248 g/mol. The van der Waals surface area contributed by atoms with Gasteiger partial charge in [0.15, 0.2) is 0 Å². The van der Waals surface area contributed by atoms with Crippen LogP contribution in [0.3, 0.4) is 0 Å². The minimum atomic E-state index is -3.34. The molecule has 15 heavy (non-hydrogen) atoms. The first-order valence-electron chi connectivity index (χ1n) is 4.76. The van der Waals surface area contributed by atoms with Crippen LogP contribution in [0.15, 0.2) is 16.3 Å². The lowest BCUT2D eigenvalue weighted by molar-refractivity contribution is 0.468. The van der Waals surface area contributed by atoms with Gasteiger partial charge in [0.25, 0.3) is 0 Å². The molecule has 1 aromatic rings. The molecule has 2 N–H and O–H groups in total. The van der Waals surface area contributed by atoms with Gasteiger partial charge in [-0.3, -0.25) is 0 Å². The van der Waals surface area contributed by atoms with E-state index in [1.807, 2.05) is 6.92 Å². The smallest absolute Gasteiger partial charge is 0.243 e. The topological polar surface area (TPSA) is 63.4 Å². The van der Waals surface area contributed by atoms with Crippen molar-refractivity contribution in [2.75, 3.05) is 13.6 Å². The molecule has 0 unspecified atom stereocenters. The van der Waals surface area contributed by atoms with Crippen LogP contribution in [0.4, 0.5) is 0 Å². The molecule has 1 rings (SSSR count). The Morgan fingerprint density at radius 1 is 1.53 bits per heavy atom. The van der Waals surface area contributed by atoms with Gasteiger partial charge in [0, 0.05) is 25.0 Å². The van der Waals surface area contributed by atoms with Crippen LogP contribution < -0.4 is 5.73 Å². The Kier molecular flexibility index (Phi) is 4.27. The minimum Gasteiger partial charge on any atom is -0.326 e. The number of thiophene rings is 1. The lowest BCUT2D eigenvalue weighted by Gasteiger charge is -2.16. The molecule has 0 aromatic carbocycles. The first-order chi connectivity index (χ1) is 7.04. The highest BCUT2D eigenvalue weighted by molar-refractivity contribution is 7.89. The summed E-state index contributed by atoms with van der Waals surface area (Å²) in [5.74, 6) is 0. The van der Waals surface area contributed by atoms with Crippen molar-refractivity contribution in [3.63, 3.8) is 0 Å². The van der Waals surface area contributed by atoms with E-state index in [2.05, 4.69) is 0 Å². The quantitative estimate of drug-likeness (QED) is 0.852. The molecule has 6 heteroatoms. The minimum absolute atomic E-state index is 0.270. The van der Waals surface area contributed by atoms with E-state index in [9.17, 15) is 8.42 Å². The van der Waals surface area contributed by atoms with Crippen LogP contribution in [0.2, 0.25) is 0 Å². The molecule has 0 saturated carbocycles. The second-order valence-electron chi connectivity index (χ2n) is 3.24. The Bertz CT molecular complexity index is 412. The average molecular weight is 248 g/mol. The van der Waals surface area contributed by atoms with E-state index in [0.717, 1.165) is 11.3 Å². The van der Waals surface area contributed by atoms with E-state index in [1.165, 1.54) is 15.6 Å². The molecule has 86 valence electrons. The zero-order valence-electron chi connectivity index (χ0n) is 8.93. The Hall–Kier alpha value is -0.430. The third kappa shape index (κ3) is 2.57. The lowest BCUT2D eigenvalue weighted by Crippen LogP contribution is -2.28. The summed E-state index contributed by atoms with van der Waals surface area (Å²) in [6, 6.07) is 1.62. The first kappa shape index (κ1) is 12.6. The normalized spacial score (nSPS) is 12.3. The molecule has 0 amide bonds. The fraction of sp³-hybridized carbons (Fsp3) is 0.556. The molecule has 0 spiro atoms. The Morgan fingerprint density at radius 3 is 2.73 bits per heavy atom. The summed E-state index contributed by atoms with van der Waals surface area (Å²) in [5, 5.41) is 1.76. The highest BCUT2D eigenvalue weighted by Gasteiger charge is 2.23. The van der Waals surface area contributed by atoms with Gasteiger partial charge < -0.3 is 5.73 Å². The lowest BCUT2D eigenvalue weighted by atomic mass is 10.5. The standard InChI is InChI=1S/C9H16N2O2S2/c1-3-5-11(2)15(12,13)9-4-6-14-8(9)7-10/h4,6H,3,5,7,10H2,1-2H3.